The standard InChI is InChI=1S/C11H21NO3/c1-3-11(4-2,10(13)14)12-8-9-6-5-7-15-9/h9,12H,3-8H2,1-2H3,(H,13,14). The largest absolute Gasteiger partial charge is 0.480 e. The molecule has 4 heteroatoms. The summed E-state index contributed by atoms with van der Waals surface area (Å²) in [5.74, 6) is -0.759. The maximum absolute atomic E-state index is 11.2. The number of ether oxygens (including phenoxy) is 1. The number of nitrogens with one attached hydrogen (secondary N) is 1. The van der Waals surface area contributed by atoms with Crippen molar-refractivity contribution in [3.05, 3.63) is 0 Å². The Labute approximate surface area is 91.0 Å². The molecule has 0 aromatic carbocycles. The van der Waals surface area contributed by atoms with Crippen LogP contribution < -0.4 is 5.32 Å². The van der Waals surface area contributed by atoms with Gasteiger partial charge in [-0.2, -0.15) is 0 Å². The summed E-state index contributed by atoms with van der Waals surface area (Å²) in [6.07, 6.45) is 3.53. The number of aliphatic carboxylic acids is 1. The summed E-state index contributed by atoms with van der Waals surface area (Å²) in [6.45, 7) is 5.26. The highest BCUT2D eigenvalue weighted by molar-refractivity contribution is 5.78. The van der Waals surface area contributed by atoms with Gasteiger partial charge in [0.2, 0.25) is 0 Å². The second-order valence-electron chi connectivity index (χ2n) is 4.11. The lowest BCUT2D eigenvalue weighted by molar-refractivity contribution is -0.145. The van der Waals surface area contributed by atoms with Gasteiger partial charge >= 0.3 is 5.97 Å². The van der Waals surface area contributed by atoms with Gasteiger partial charge < -0.3 is 9.84 Å². The molecular weight excluding hydrogens is 194 g/mol. The van der Waals surface area contributed by atoms with Crippen LogP contribution in [0.3, 0.4) is 0 Å². The second-order valence-corrected chi connectivity index (χ2v) is 4.11. The summed E-state index contributed by atoms with van der Waals surface area (Å²) in [7, 11) is 0. The fourth-order valence-corrected chi connectivity index (χ4v) is 1.99. The van der Waals surface area contributed by atoms with Gasteiger partial charge in [-0.05, 0) is 25.7 Å². The van der Waals surface area contributed by atoms with Gasteiger partial charge in [0.25, 0.3) is 0 Å². The summed E-state index contributed by atoms with van der Waals surface area (Å²) >= 11 is 0. The van der Waals surface area contributed by atoms with Crippen LogP contribution in [0.25, 0.3) is 0 Å². The first-order chi connectivity index (χ1) is 7.14. The fraction of sp³-hybridized carbons (Fsp3) is 0.909. The Morgan fingerprint density at radius 1 is 1.53 bits per heavy atom. The molecule has 0 aromatic heterocycles. The van der Waals surface area contributed by atoms with E-state index in [1.165, 1.54) is 0 Å². The predicted molar refractivity (Wildman–Crippen MR) is 57.9 cm³/mol. The number of carboxylic acid groups (broad SMARTS) is 1. The van der Waals surface area contributed by atoms with Crippen LogP contribution >= 0.6 is 0 Å². The molecule has 0 bridgehead atoms. The molecule has 88 valence electrons. The van der Waals surface area contributed by atoms with Crippen LogP contribution in [0.5, 0.6) is 0 Å². The molecule has 1 heterocycles. The Morgan fingerprint density at radius 3 is 2.60 bits per heavy atom. The van der Waals surface area contributed by atoms with Crippen molar-refractivity contribution in [2.24, 2.45) is 0 Å². The minimum Gasteiger partial charge on any atom is -0.480 e. The number of hydrogen-bond donors (Lipinski definition) is 2. The van der Waals surface area contributed by atoms with E-state index in [0.29, 0.717) is 19.4 Å². The van der Waals surface area contributed by atoms with Crippen molar-refractivity contribution in [3.63, 3.8) is 0 Å². The molecule has 1 fully saturated rings. The Balaban J connectivity index is 2.46. The van der Waals surface area contributed by atoms with Crippen LogP contribution in [0.2, 0.25) is 0 Å². The number of carboxylic acids is 1. The monoisotopic (exact) mass is 215 g/mol. The van der Waals surface area contributed by atoms with E-state index in [2.05, 4.69) is 5.32 Å². The van der Waals surface area contributed by atoms with Crippen molar-refractivity contribution >= 4 is 5.97 Å². The highest BCUT2D eigenvalue weighted by atomic mass is 16.5. The topological polar surface area (TPSA) is 58.6 Å². The lowest BCUT2D eigenvalue weighted by Crippen LogP contribution is -2.53. The number of hydrogen-bond acceptors (Lipinski definition) is 3. The molecule has 0 aliphatic carbocycles. The molecule has 1 rings (SSSR count). The van der Waals surface area contributed by atoms with E-state index in [1.54, 1.807) is 0 Å². The van der Waals surface area contributed by atoms with E-state index in [4.69, 9.17) is 4.74 Å². The van der Waals surface area contributed by atoms with Gasteiger partial charge in [0, 0.05) is 13.2 Å². The highest BCUT2D eigenvalue weighted by Gasteiger charge is 2.35. The Hall–Kier alpha value is -0.610. The molecule has 0 radical (unpaired) electrons. The van der Waals surface area contributed by atoms with Gasteiger partial charge in [-0.15, -0.1) is 0 Å². The summed E-state index contributed by atoms with van der Waals surface area (Å²) in [6, 6.07) is 0. The van der Waals surface area contributed by atoms with Crippen molar-refractivity contribution in [1.29, 1.82) is 0 Å². The first-order valence-corrected chi connectivity index (χ1v) is 5.74. The molecule has 1 aliphatic rings. The molecule has 1 aliphatic heterocycles. The zero-order valence-corrected chi connectivity index (χ0v) is 9.58. The van der Waals surface area contributed by atoms with Crippen molar-refractivity contribution in [1.82, 2.24) is 5.32 Å². The summed E-state index contributed by atoms with van der Waals surface area (Å²) in [5.41, 5.74) is -0.772. The van der Waals surface area contributed by atoms with E-state index >= 15 is 0 Å². The molecule has 0 amide bonds. The van der Waals surface area contributed by atoms with Crippen molar-refractivity contribution in [2.45, 2.75) is 51.2 Å². The molecular formula is C11H21NO3. The SMILES string of the molecule is CCC(CC)(NCC1CCCO1)C(=O)O. The van der Waals surface area contributed by atoms with Crippen LogP contribution in [0.1, 0.15) is 39.5 Å². The van der Waals surface area contributed by atoms with E-state index in [-0.39, 0.29) is 6.10 Å². The van der Waals surface area contributed by atoms with E-state index in [0.717, 1.165) is 19.4 Å². The Bertz CT molecular complexity index is 208. The van der Waals surface area contributed by atoms with Crippen LogP contribution in [-0.4, -0.2) is 35.9 Å². The molecule has 1 unspecified atom stereocenters. The minimum atomic E-state index is -0.772. The average molecular weight is 215 g/mol. The Morgan fingerprint density at radius 2 is 2.20 bits per heavy atom. The van der Waals surface area contributed by atoms with Gasteiger partial charge in [0.15, 0.2) is 0 Å². The molecule has 0 aromatic rings. The third-order valence-corrected chi connectivity index (χ3v) is 3.31. The van der Waals surface area contributed by atoms with Crippen LogP contribution in [0.4, 0.5) is 0 Å². The van der Waals surface area contributed by atoms with Gasteiger partial charge in [-0.25, -0.2) is 0 Å². The van der Waals surface area contributed by atoms with E-state index in [1.807, 2.05) is 13.8 Å². The van der Waals surface area contributed by atoms with Gasteiger partial charge in [-0.3, -0.25) is 10.1 Å². The molecule has 1 atom stereocenters. The zero-order chi connectivity index (χ0) is 11.3. The molecule has 4 nitrogen and oxygen atoms in total. The highest BCUT2D eigenvalue weighted by Crippen LogP contribution is 2.17. The van der Waals surface area contributed by atoms with Crippen molar-refractivity contribution in [3.8, 4) is 0 Å². The normalized spacial score (nSPS) is 21.9. The average Bonchev–Trinajstić information content (AvgIpc) is 2.72. The van der Waals surface area contributed by atoms with Crippen LogP contribution in [0.15, 0.2) is 0 Å². The maximum atomic E-state index is 11.2. The first-order valence-electron chi connectivity index (χ1n) is 5.74. The minimum absolute atomic E-state index is 0.196. The maximum Gasteiger partial charge on any atom is 0.323 e. The molecule has 0 spiro atoms. The summed E-state index contributed by atoms with van der Waals surface area (Å²) in [5, 5.41) is 12.3. The lowest BCUT2D eigenvalue weighted by atomic mass is 9.92. The number of carbonyl (C=O) groups is 1. The smallest absolute Gasteiger partial charge is 0.323 e. The third-order valence-electron chi connectivity index (χ3n) is 3.31. The van der Waals surface area contributed by atoms with Gasteiger partial charge in [0.05, 0.1) is 6.10 Å². The molecule has 2 N–H and O–H groups in total. The van der Waals surface area contributed by atoms with Crippen LogP contribution in [0, 0.1) is 0 Å². The van der Waals surface area contributed by atoms with Crippen LogP contribution in [-0.2, 0) is 9.53 Å². The Kier molecular flexibility index (Phi) is 4.54. The van der Waals surface area contributed by atoms with Crippen molar-refractivity contribution in [2.75, 3.05) is 13.2 Å². The lowest BCUT2D eigenvalue weighted by Gasteiger charge is -2.29. The molecule has 0 saturated carbocycles. The van der Waals surface area contributed by atoms with Gasteiger partial charge in [-0.1, -0.05) is 13.8 Å². The first kappa shape index (κ1) is 12.5. The second kappa shape index (κ2) is 5.47. The van der Waals surface area contributed by atoms with Gasteiger partial charge in [0.1, 0.15) is 5.54 Å². The molecule has 1 saturated heterocycles. The number of rotatable bonds is 6. The quantitative estimate of drug-likeness (QED) is 0.703. The predicted octanol–water partition coefficient (Wildman–Crippen LogP) is 1.40. The van der Waals surface area contributed by atoms with E-state index < -0.39 is 11.5 Å². The third kappa shape index (κ3) is 2.92. The zero-order valence-electron chi connectivity index (χ0n) is 9.58. The molecule has 15 heavy (non-hydrogen) atoms. The van der Waals surface area contributed by atoms with E-state index in [9.17, 15) is 9.90 Å². The fourth-order valence-electron chi connectivity index (χ4n) is 1.99. The summed E-state index contributed by atoms with van der Waals surface area (Å²) < 4.78 is 5.46. The summed E-state index contributed by atoms with van der Waals surface area (Å²) in [4.78, 5) is 11.2. The van der Waals surface area contributed by atoms with Crippen molar-refractivity contribution < 1.29 is 14.6 Å².